The molecule has 2 fully saturated rings. The highest BCUT2D eigenvalue weighted by Crippen LogP contribution is 2.39. The molecule has 0 radical (unpaired) electrons. The summed E-state index contributed by atoms with van der Waals surface area (Å²) in [5.41, 5.74) is 3.90. The second-order valence-corrected chi connectivity index (χ2v) is 11.3. The summed E-state index contributed by atoms with van der Waals surface area (Å²) in [6, 6.07) is 15.6. The molecule has 4 heterocycles. The molecule has 2 atom stereocenters. The van der Waals surface area contributed by atoms with Crippen LogP contribution in [-0.4, -0.2) is 68.3 Å². The van der Waals surface area contributed by atoms with Crippen molar-refractivity contribution in [3.63, 3.8) is 0 Å². The fourth-order valence-corrected chi connectivity index (χ4v) is 6.58. The van der Waals surface area contributed by atoms with Gasteiger partial charge in [-0.1, -0.05) is 35.9 Å². The number of halogens is 2. The quantitative estimate of drug-likeness (QED) is 0.465. The average Bonchev–Trinajstić information content (AvgIpc) is 3.35. The van der Waals surface area contributed by atoms with Gasteiger partial charge in [-0.2, -0.15) is 10.2 Å². The number of benzene rings is 2. The zero-order valence-corrected chi connectivity index (χ0v) is 24.2. The van der Waals surface area contributed by atoms with Gasteiger partial charge in [0.2, 0.25) is 5.88 Å². The smallest absolute Gasteiger partial charge is 0.234 e. The molecule has 0 amide bonds. The van der Waals surface area contributed by atoms with Crippen LogP contribution in [-0.2, 0) is 13.0 Å². The van der Waals surface area contributed by atoms with Crippen LogP contribution in [0.5, 0.6) is 5.88 Å². The average molecular weight is 568 g/mol. The molecular formula is C30H36Cl2N6O. The number of hydrogen-bond acceptors (Lipinski definition) is 7. The number of fused-ring (bicyclic) bond motifs is 2. The largest absolute Gasteiger partial charge is 0.475 e. The van der Waals surface area contributed by atoms with Crippen molar-refractivity contribution < 1.29 is 4.74 Å². The lowest BCUT2D eigenvalue weighted by Gasteiger charge is -2.38. The molecule has 1 unspecified atom stereocenters. The lowest BCUT2D eigenvalue weighted by molar-refractivity contribution is 0.192. The second-order valence-electron chi connectivity index (χ2n) is 10.9. The van der Waals surface area contributed by atoms with E-state index in [4.69, 9.17) is 21.3 Å². The molecule has 0 saturated carbocycles. The molecule has 2 aromatic carbocycles. The van der Waals surface area contributed by atoms with Crippen LogP contribution in [0.1, 0.15) is 36.5 Å². The molecular weight excluding hydrogens is 531 g/mol. The zero-order chi connectivity index (χ0) is 26.2. The second kappa shape index (κ2) is 11.8. The number of hydrogen-bond donors (Lipinski definition) is 1. The number of pyridine rings is 1. The van der Waals surface area contributed by atoms with E-state index in [2.05, 4.69) is 64.3 Å². The van der Waals surface area contributed by atoms with Crippen LogP contribution in [0.25, 0.3) is 10.8 Å². The highest BCUT2D eigenvalue weighted by Gasteiger charge is 2.31. The zero-order valence-electron chi connectivity index (χ0n) is 22.6. The minimum Gasteiger partial charge on any atom is -0.475 e. The normalized spacial score (nSPS) is 21.4. The molecule has 1 N–H and O–H groups in total. The summed E-state index contributed by atoms with van der Waals surface area (Å²) in [6.45, 7) is 8.01. The summed E-state index contributed by atoms with van der Waals surface area (Å²) in [6.07, 6.45) is 3.11. The van der Waals surface area contributed by atoms with Crippen molar-refractivity contribution in [3.05, 3.63) is 58.1 Å². The van der Waals surface area contributed by atoms with E-state index < -0.39 is 0 Å². The van der Waals surface area contributed by atoms with Crippen LogP contribution in [0.4, 0.5) is 11.5 Å². The number of aromatic nitrogens is 1. The first-order chi connectivity index (χ1) is 18.5. The number of nitrogens with one attached hydrogen (secondary N) is 1. The highest BCUT2D eigenvalue weighted by atomic mass is 35.5. The first-order valence-electron chi connectivity index (χ1n) is 13.7. The van der Waals surface area contributed by atoms with Crippen molar-refractivity contribution in [1.29, 1.82) is 5.26 Å². The van der Waals surface area contributed by atoms with Crippen LogP contribution < -0.4 is 19.9 Å². The van der Waals surface area contributed by atoms with Crippen LogP contribution >= 0.6 is 24.0 Å². The Bertz CT molecular complexity index is 1390. The van der Waals surface area contributed by atoms with Gasteiger partial charge in [0.1, 0.15) is 24.1 Å². The van der Waals surface area contributed by atoms with Crippen molar-refractivity contribution in [3.8, 4) is 11.9 Å². The Balaban J connectivity index is 0.00000308. The maximum atomic E-state index is 10.4. The van der Waals surface area contributed by atoms with E-state index in [0.29, 0.717) is 36.7 Å². The number of piperazine rings is 1. The van der Waals surface area contributed by atoms with Gasteiger partial charge in [0.25, 0.3) is 0 Å². The molecule has 2 saturated heterocycles. The molecule has 3 aliphatic heterocycles. The van der Waals surface area contributed by atoms with Crippen molar-refractivity contribution in [2.24, 2.45) is 0 Å². The standard InChI is InChI=1S/C30H35ClN6O.ClH/c1-20-17-37(15-12-33-20)29-23-11-14-36(27-10-4-7-21-6-3-9-26(31)28(21)27)18-25(23)24(16-32)30(34-29)38-19-22-8-5-13-35(22)2;/h3-4,6-7,9-10,20,22,33H,5,8,11-15,17-19H2,1-2H3;1H/t20?,22-;/m0./s1. The Hall–Kier alpha value is -2.76. The van der Waals surface area contributed by atoms with Gasteiger partial charge >= 0.3 is 0 Å². The van der Waals surface area contributed by atoms with Gasteiger partial charge in [-0.05, 0) is 57.3 Å². The molecule has 0 bridgehead atoms. The number of anilines is 2. The lowest BCUT2D eigenvalue weighted by Crippen LogP contribution is -2.50. The highest BCUT2D eigenvalue weighted by molar-refractivity contribution is 6.36. The predicted octanol–water partition coefficient (Wildman–Crippen LogP) is 5.02. The Labute approximate surface area is 242 Å². The molecule has 1 aromatic heterocycles. The van der Waals surface area contributed by atoms with Gasteiger partial charge in [-0.15, -0.1) is 12.4 Å². The van der Waals surface area contributed by atoms with Gasteiger partial charge in [-0.25, -0.2) is 0 Å². The fourth-order valence-electron chi connectivity index (χ4n) is 6.30. The van der Waals surface area contributed by atoms with Gasteiger partial charge in [0.05, 0.1) is 5.02 Å². The van der Waals surface area contributed by atoms with Crippen LogP contribution in [0.3, 0.4) is 0 Å². The van der Waals surface area contributed by atoms with E-state index in [-0.39, 0.29) is 12.4 Å². The summed E-state index contributed by atoms with van der Waals surface area (Å²) in [5.74, 6) is 1.46. The summed E-state index contributed by atoms with van der Waals surface area (Å²) >= 11 is 6.70. The van der Waals surface area contributed by atoms with Crippen molar-refractivity contribution in [1.82, 2.24) is 15.2 Å². The van der Waals surface area contributed by atoms with Crippen molar-refractivity contribution in [2.45, 2.75) is 44.8 Å². The Morgan fingerprint density at radius 3 is 2.69 bits per heavy atom. The molecule has 0 aliphatic carbocycles. The SMILES string of the molecule is CC1CN(c2nc(OC[C@@H]3CCCN3C)c(C#N)c3c2CCN(c2cccc4cccc(Cl)c24)C3)CCN1.Cl. The molecule has 3 aromatic rings. The number of nitriles is 1. The van der Waals surface area contributed by atoms with Crippen molar-refractivity contribution >= 4 is 46.3 Å². The molecule has 206 valence electrons. The number of rotatable bonds is 5. The van der Waals surface area contributed by atoms with Crippen LogP contribution in [0, 0.1) is 11.3 Å². The lowest BCUT2D eigenvalue weighted by atomic mass is 9.94. The monoisotopic (exact) mass is 566 g/mol. The van der Waals surface area contributed by atoms with Crippen LogP contribution in [0.15, 0.2) is 36.4 Å². The van der Waals surface area contributed by atoms with E-state index in [1.165, 1.54) is 12.0 Å². The minimum absolute atomic E-state index is 0. The molecule has 39 heavy (non-hydrogen) atoms. The Morgan fingerprint density at radius 2 is 1.95 bits per heavy atom. The molecule has 9 heteroatoms. The maximum absolute atomic E-state index is 10.4. The molecule has 3 aliphatic rings. The van der Waals surface area contributed by atoms with Gasteiger partial charge in [0, 0.05) is 67.0 Å². The summed E-state index contributed by atoms with van der Waals surface area (Å²) in [5, 5.41) is 16.9. The van der Waals surface area contributed by atoms with Gasteiger partial charge in [0.15, 0.2) is 0 Å². The Kier molecular flexibility index (Phi) is 8.39. The van der Waals surface area contributed by atoms with E-state index in [9.17, 15) is 5.26 Å². The number of likely N-dealkylation sites (tertiary alicyclic amines) is 1. The molecule has 7 nitrogen and oxygen atoms in total. The first kappa shape index (κ1) is 27.8. The maximum Gasteiger partial charge on any atom is 0.234 e. The fraction of sp³-hybridized carbons (Fsp3) is 0.467. The first-order valence-corrected chi connectivity index (χ1v) is 14.1. The van der Waals surface area contributed by atoms with E-state index in [1.54, 1.807) is 0 Å². The Morgan fingerprint density at radius 1 is 1.13 bits per heavy atom. The minimum atomic E-state index is 0. The molecule has 6 rings (SSSR count). The summed E-state index contributed by atoms with van der Waals surface area (Å²) < 4.78 is 6.38. The summed E-state index contributed by atoms with van der Waals surface area (Å²) in [4.78, 5) is 12.1. The van der Waals surface area contributed by atoms with Crippen LogP contribution in [0.2, 0.25) is 5.02 Å². The van der Waals surface area contributed by atoms with Crippen molar-refractivity contribution in [2.75, 3.05) is 56.2 Å². The predicted molar refractivity (Wildman–Crippen MR) is 161 cm³/mol. The number of ether oxygens (including phenoxy) is 1. The van der Waals surface area contributed by atoms with E-state index >= 15 is 0 Å². The molecule has 0 spiro atoms. The third-order valence-corrected chi connectivity index (χ3v) is 8.69. The topological polar surface area (TPSA) is 67.7 Å². The number of likely N-dealkylation sites (N-methyl/N-ethyl adjacent to an activating group) is 1. The summed E-state index contributed by atoms with van der Waals surface area (Å²) in [7, 11) is 2.15. The van der Waals surface area contributed by atoms with Gasteiger partial charge < -0.3 is 24.8 Å². The van der Waals surface area contributed by atoms with E-state index in [0.717, 1.165) is 78.4 Å². The third kappa shape index (κ3) is 5.36. The third-order valence-electron chi connectivity index (χ3n) is 8.37. The number of nitrogens with zero attached hydrogens (tertiary/aromatic N) is 5. The van der Waals surface area contributed by atoms with E-state index in [1.807, 2.05) is 12.1 Å². The van der Waals surface area contributed by atoms with Gasteiger partial charge in [-0.3, -0.25) is 0 Å².